The fourth-order valence-electron chi connectivity index (χ4n) is 4.70. The third-order valence-corrected chi connectivity index (χ3v) is 6.83. The molecule has 3 aromatic carbocycles. The summed E-state index contributed by atoms with van der Waals surface area (Å²) < 4.78 is 69.2. The lowest BCUT2D eigenvalue weighted by molar-refractivity contribution is 0.0188. The molecule has 0 amide bonds. The topological polar surface area (TPSA) is 55.8 Å². The maximum Gasteiger partial charge on any atom is 0.341 e. The van der Waals surface area contributed by atoms with Crippen LogP contribution in [0.1, 0.15) is 66.1 Å². The maximum absolute atomic E-state index is 14.8. The summed E-state index contributed by atoms with van der Waals surface area (Å²) in [6.07, 6.45) is 1.77. The molecule has 1 unspecified atom stereocenters. The third-order valence-electron chi connectivity index (χ3n) is 6.83. The van der Waals surface area contributed by atoms with Gasteiger partial charge >= 0.3 is 5.97 Å². The Balaban J connectivity index is 1.40. The largest absolute Gasteiger partial charge is 0.486 e. The lowest BCUT2D eigenvalue weighted by Gasteiger charge is -2.29. The van der Waals surface area contributed by atoms with Crippen molar-refractivity contribution < 1.29 is 36.9 Å². The van der Waals surface area contributed by atoms with Gasteiger partial charge < -0.3 is 14.6 Å². The standard InChI is InChI=1S/C30H28F4O4/c1-3-16-37-25-15-14-23(27(32)29(25)34)20-8-10-21(11-9-20)38-30(36)24-13-12-22(26(31)28(24)33)19-6-4-18(5-7-19)17(2)35/h3-7,12-15,17,20-21,35H,1,8-11,16H2,2H3. The van der Waals surface area contributed by atoms with E-state index in [1.165, 1.54) is 30.3 Å². The van der Waals surface area contributed by atoms with Crippen molar-refractivity contribution in [2.45, 2.75) is 50.7 Å². The molecular formula is C30H28F4O4. The molecule has 200 valence electrons. The molecule has 0 bridgehead atoms. The van der Waals surface area contributed by atoms with E-state index < -0.39 is 47.0 Å². The summed E-state index contributed by atoms with van der Waals surface area (Å²) in [7, 11) is 0. The normalized spacial score (nSPS) is 18.1. The number of aliphatic hydroxyl groups excluding tert-OH is 1. The number of esters is 1. The molecule has 0 saturated heterocycles. The monoisotopic (exact) mass is 528 g/mol. The van der Waals surface area contributed by atoms with E-state index in [1.54, 1.807) is 31.2 Å². The predicted octanol–water partition coefficient (Wildman–Crippen LogP) is 7.41. The fourth-order valence-corrected chi connectivity index (χ4v) is 4.70. The van der Waals surface area contributed by atoms with Crippen LogP contribution < -0.4 is 4.74 Å². The van der Waals surface area contributed by atoms with Crippen molar-refractivity contribution in [3.8, 4) is 16.9 Å². The van der Waals surface area contributed by atoms with Crippen molar-refractivity contribution in [1.29, 1.82) is 0 Å². The lowest BCUT2D eigenvalue weighted by atomic mass is 9.82. The molecule has 1 aliphatic rings. The Labute approximate surface area is 218 Å². The summed E-state index contributed by atoms with van der Waals surface area (Å²) >= 11 is 0. The first-order valence-corrected chi connectivity index (χ1v) is 12.4. The number of carbonyl (C=O) groups is 1. The number of aliphatic hydroxyl groups is 1. The molecule has 0 radical (unpaired) electrons. The molecule has 1 N–H and O–H groups in total. The molecule has 1 fully saturated rings. The molecule has 8 heteroatoms. The van der Waals surface area contributed by atoms with Crippen LogP contribution >= 0.6 is 0 Å². The smallest absolute Gasteiger partial charge is 0.341 e. The van der Waals surface area contributed by atoms with Crippen LogP contribution in [0.3, 0.4) is 0 Å². The van der Waals surface area contributed by atoms with E-state index >= 15 is 0 Å². The summed E-state index contributed by atoms with van der Waals surface area (Å²) in [6.45, 7) is 5.12. The van der Waals surface area contributed by atoms with E-state index in [9.17, 15) is 27.5 Å². The summed E-state index contributed by atoms with van der Waals surface area (Å²) in [4.78, 5) is 12.6. The van der Waals surface area contributed by atoms with Gasteiger partial charge in [0.05, 0.1) is 11.7 Å². The number of rotatable bonds is 8. The number of benzene rings is 3. The molecule has 0 aliphatic heterocycles. The minimum atomic E-state index is -1.31. The molecule has 4 nitrogen and oxygen atoms in total. The number of hydrogen-bond acceptors (Lipinski definition) is 4. The lowest BCUT2D eigenvalue weighted by Crippen LogP contribution is -2.25. The summed E-state index contributed by atoms with van der Waals surface area (Å²) in [5.41, 5.74) is 0.715. The van der Waals surface area contributed by atoms with E-state index in [4.69, 9.17) is 9.47 Å². The molecular weight excluding hydrogens is 500 g/mol. The van der Waals surface area contributed by atoms with Crippen molar-refractivity contribution in [1.82, 2.24) is 0 Å². The van der Waals surface area contributed by atoms with E-state index in [1.807, 2.05) is 0 Å². The molecule has 1 aliphatic carbocycles. The van der Waals surface area contributed by atoms with Crippen LogP contribution in [0, 0.1) is 23.3 Å². The second-order valence-corrected chi connectivity index (χ2v) is 9.35. The van der Waals surface area contributed by atoms with Crippen LogP contribution in [0.5, 0.6) is 5.75 Å². The Hall–Kier alpha value is -3.65. The van der Waals surface area contributed by atoms with Crippen LogP contribution in [0.15, 0.2) is 61.2 Å². The van der Waals surface area contributed by atoms with Gasteiger partial charge in [-0.3, -0.25) is 0 Å². The van der Waals surface area contributed by atoms with Crippen LogP contribution in [-0.2, 0) is 4.74 Å². The SMILES string of the molecule is C=CCOc1ccc(C2CCC(OC(=O)c3ccc(-c4ccc(C(C)O)cc4)c(F)c3F)CC2)c(F)c1F. The maximum atomic E-state index is 14.8. The third kappa shape index (κ3) is 5.75. The first kappa shape index (κ1) is 27.4. The zero-order chi connectivity index (χ0) is 27.4. The minimum Gasteiger partial charge on any atom is -0.486 e. The highest BCUT2D eigenvalue weighted by Crippen LogP contribution is 2.38. The molecule has 38 heavy (non-hydrogen) atoms. The Morgan fingerprint density at radius 2 is 1.63 bits per heavy atom. The van der Waals surface area contributed by atoms with Gasteiger partial charge in [0.25, 0.3) is 0 Å². The molecule has 3 aromatic rings. The van der Waals surface area contributed by atoms with Gasteiger partial charge in [-0.2, -0.15) is 4.39 Å². The van der Waals surface area contributed by atoms with E-state index in [2.05, 4.69) is 6.58 Å². The van der Waals surface area contributed by atoms with Crippen LogP contribution in [0.2, 0.25) is 0 Å². The second-order valence-electron chi connectivity index (χ2n) is 9.35. The fraction of sp³-hybridized carbons (Fsp3) is 0.300. The molecule has 1 atom stereocenters. The number of halogens is 4. The first-order chi connectivity index (χ1) is 18.2. The molecule has 0 aromatic heterocycles. The van der Waals surface area contributed by atoms with Gasteiger partial charge in [0.1, 0.15) is 12.7 Å². The van der Waals surface area contributed by atoms with Crippen LogP contribution in [0.4, 0.5) is 17.6 Å². The minimum absolute atomic E-state index is 0.0214. The zero-order valence-electron chi connectivity index (χ0n) is 20.9. The van der Waals surface area contributed by atoms with Gasteiger partial charge in [-0.05, 0) is 67.3 Å². The van der Waals surface area contributed by atoms with Gasteiger partial charge in [0.2, 0.25) is 5.82 Å². The Kier molecular flexibility index (Phi) is 8.52. The quantitative estimate of drug-likeness (QED) is 0.188. The summed E-state index contributed by atoms with van der Waals surface area (Å²) in [5, 5.41) is 9.62. The van der Waals surface area contributed by atoms with Gasteiger partial charge in [-0.15, -0.1) is 0 Å². The number of ether oxygens (including phenoxy) is 2. The van der Waals surface area contributed by atoms with E-state index in [-0.39, 0.29) is 29.4 Å². The highest BCUT2D eigenvalue weighted by atomic mass is 19.2. The Morgan fingerprint density at radius 3 is 2.26 bits per heavy atom. The number of hydrogen-bond donors (Lipinski definition) is 1. The highest BCUT2D eigenvalue weighted by molar-refractivity contribution is 5.90. The van der Waals surface area contributed by atoms with Gasteiger partial charge in [0.15, 0.2) is 23.2 Å². The zero-order valence-corrected chi connectivity index (χ0v) is 20.9. The van der Waals surface area contributed by atoms with Gasteiger partial charge in [-0.25, -0.2) is 18.0 Å². The molecule has 0 spiro atoms. The van der Waals surface area contributed by atoms with Crippen molar-refractivity contribution in [2.75, 3.05) is 6.61 Å². The second kappa shape index (κ2) is 11.8. The van der Waals surface area contributed by atoms with Crippen LogP contribution in [-0.4, -0.2) is 23.8 Å². The van der Waals surface area contributed by atoms with Crippen molar-refractivity contribution in [3.63, 3.8) is 0 Å². The van der Waals surface area contributed by atoms with Crippen molar-refractivity contribution >= 4 is 5.97 Å². The van der Waals surface area contributed by atoms with Crippen molar-refractivity contribution in [2.24, 2.45) is 0 Å². The molecule has 4 rings (SSSR count). The van der Waals surface area contributed by atoms with Gasteiger partial charge in [-0.1, -0.05) is 49.1 Å². The highest BCUT2D eigenvalue weighted by Gasteiger charge is 2.30. The van der Waals surface area contributed by atoms with Crippen LogP contribution in [0.25, 0.3) is 11.1 Å². The molecule has 0 heterocycles. The predicted molar refractivity (Wildman–Crippen MR) is 135 cm³/mol. The first-order valence-electron chi connectivity index (χ1n) is 12.4. The summed E-state index contributed by atoms with van der Waals surface area (Å²) in [6, 6.07) is 11.7. The Morgan fingerprint density at radius 1 is 0.947 bits per heavy atom. The average molecular weight is 529 g/mol. The molecule has 1 saturated carbocycles. The van der Waals surface area contributed by atoms with E-state index in [0.717, 1.165) is 0 Å². The van der Waals surface area contributed by atoms with Crippen molar-refractivity contribution in [3.05, 3.63) is 101 Å². The Bertz CT molecular complexity index is 1310. The van der Waals surface area contributed by atoms with Gasteiger partial charge in [0, 0.05) is 5.56 Å². The summed E-state index contributed by atoms with van der Waals surface area (Å²) in [5.74, 6) is -5.96. The average Bonchev–Trinajstić information content (AvgIpc) is 2.91. The van der Waals surface area contributed by atoms with E-state index in [0.29, 0.717) is 36.8 Å². The number of carbonyl (C=O) groups excluding carboxylic acids is 1.